The average molecular weight is 541 g/mol. The number of aromatic nitrogens is 3. The molecule has 11 heteroatoms. The summed E-state index contributed by atoms with van der Waals surface area (Å²) in [5.41, 5.74) is 1.96. The number of nitrogens with zero attached hydrogens (tertiary/aromatic N) is 3. The quantitative estimate of drug-likeness (QED) is 0.345. The zero-order valence-electron chi connectivity index (χ0n) is 19.0. The molecule has 0 radical (unpaired) electrons. The topological polar surface area (TPSA) is 88.9 Å². The van der Waals surface area contributed by atoms with Gasteiger partial charge < -0.3 is 15.2 Å². The minimum absolute atomic E-state index is 0.0589. The molecule has 3 aromatic rings. The number of hydrogen-bond donors (Lipinski definition) is 2. The third-order valence-corrected chi connectivity index (χ3v) is 6.85. The Bertz CT molecular complexity index is 1170. The first kappa shape index (κ1) is 26.3. The molecule has 1 atom stereocenters. The van der Waals surface area contributed by atoms with Gasteiger partial charge in [0.25, 0.3) is 5.91 Å². The fraction of sp³-hybridized carbons (Fsp3) is 0.304. The number of thioether (sulfide) groups is 1. The maximum absolute atomic E-state index is 12.8. The van der Waals surface area contributed by atoms with Gasteiger partial charge >= 0.3 is 0 Å². The minimum atomic E-state index is -0.360. The fourth-order valence-electron chi connectivity index (χ4n) is 3.15. The second-order valence-electron chi connectivity index (χ2n) is 8.04. The lowest BCUT2D eigenvalue weighted by atomic mass is 10.0. The van der Waals surface area contributed by atoms with E-state index in [4.69, 9.17) is 34.8 Å². The number of anilines is 1. The van der Waals surface area contributed by atoms with Gasteiger partial charge in [0.2, 0.25) is 5.91 Å². The summed E-state index contributed by atoms with van der Waals surface area (Å²) >= 11 is 19.4. The first-order valence-corrected chi connectivity index (χ1v) is 12.5. The highest BCUT2D eigenvalue weighted by Crippen LogP contribution is 2.34. The summed E-state index contributed by atoms with van der Waals surface area (Å²) in [5, 5.41) is 15.7. The lowest BCUT2D eigenvalue weighted by Crippen LogP contribution is -2.33. The van der Waals surface area contributed by atoms with Crippen LogP contribution >= 0.6 is 46.6 Å². The Labute approximate surface area is 217 Å². The van der Waals surface area contributed by atoms with E-state index in [2.05, 4.69) is 20.8 Å². The third kappa shape index (κ3) is 6.44. The zero-order valence-corrected chi connectivity index (χ0v) is 22.1. The number of aryl methyl sites for hydroxylation is 1. The number of carbonyl (C=O) groups is 2. The van der Waals surface area contributed by atoms with Crippen molar-refractivity contribution in [2.45, 2.75) is 32.0 Å². The van der Waals surface area contributed by atoms with Crippen molar-refractivity contribution < 1.29 is 9.59 Å². The number of amides is 2. The van der Waals surface area contributed by atoms with E-state index < -0.39 is 0 Å². The molecular weight excluding hydrogens is 517 g/mol. The van der Waals surface area contributed by atoms with Crippen molar-refractivity contribution in [3.8, 4) is 0 Å². The Morgan fingerprint density at radius 3 is 2.26 bits per heavy atom. The molecule has 2 aromatic carbocycles. The van der Waals surface area contributed by atoms with Crippen molar-refractivity contribution in [3.05, 3.63) is 68.4 Å². The van der Waals surface area contributed by atoms with Gasteiger partial charge in [-0.1, -0.05) is 78.1 Å². The van der Waals surface area contributed by atoms with E-state index in [0.717, 1.165) is 5.56 Å². The molecule has 2 N–H and O–H groups in total. The summed E-state index contributed by atoms with van der Waals surface area (Å²) in [7, 11) is 1.80. The monoisotopic (exact) mass is 539 g/mol. The Morgan fingerprint density at radius 2 is 1.68 bits per heavy atom. The van der Waals surface area contributed by atoms with Crippen LogP contribution in [0, 0.1) is 12.8 Å². The van der Waals surface area contributed by atoms with Crippen molar-refractivity contribution in [3.63, 3.8) is 0 Å². The summed E-state index contributed by atoms with van der Waals surface area (Å²) in [6.45, 7) is 5.96. The van der Waals surface area contributed by atoms with Crippen molar-refractivity contribution >= 4 is 64.1 Å². The molecule has 3 rings (SSSR count). The molecule has 7 nitrogen and oxygen atoms in total. The van der Waals surface area contributed by atoms with E-state index in [1.54, 1.807) is 23.7 Å². The number of hydrogen-bond acceptors (Lipinski definition) is 5. The number of rotatable bonds is 8. The molecule has 0 unspecified atom stereocenters. The SMILES string of the molecule is Cc1ccc(C(=O)N[C@@H](c2nnc(SCC(=O)Nc3c(Cl)cc(Cl)cc3Cl)n2C)C(C)C)cc1. The molecule has 0 saturated carbocycles. The van der Waals surface area contributed by atoms with E-state index >= 15 is 0 Å². The maximum atomic E-state index is 12.8. The Morgan fingerprint density at radius 1 is 1.06 bits per heavy atom. The van der Waals surface area contributed by atoms with Crippen molar-refractivity contribution in [2.75, 3.05) is 11.1 Å². The Hall–Kier alpha value is -2.26. The lowest BCUT2D eigenvalue weighted by Gasteiger charge is -2.21. The predicted molar refractivity (Wildman–Crippen MR) is 138 cm³/mol. The van der Waals surface area contributed by atoms with Gasteiger partial charge in [-0.15, -0.1) is 10.2 Å². The van der Waals surface area contributed by atoms with E-state index in [1.165, 1.54) is 23.9 Å². The maximum Gasteiger partial charge on any atom is 0.251 e. The van der Waals surface area contributed by atoms with Crippen molar-refractivity contribution in [2.24, 2.45) is 13.0 Å². The molecule has 1 heterocycles. The van der Waals surface area contributed by atoms with Gasteiger partial charge in [-0.05, 0) is 37.1 Å². The number of benzene rings is 2. The zero-order chi connectivity index (χ0) is 25.0. The van der Waals surface area contributed by atoms with Gasteiger partial charge in [0.05, 0.1) is 27.5 Å². The molecule has 180 valence electrons. The van der Waals surface area contributed by atoms with Crippen LogP contribution in [-0.4, -0.2) is 32.3 Å². The summed E-state index contributed by atoms with van der Waals surface area (Å²) < 4.78 is 1.78. The average Bonchev–Trinajstić information content (AvgIpc) is 3.13. The highest BCUT2D eigenvalue weighted by Gasteiger charge is 2.25. The summed E-state index contributed by atoms with van der Waals surface area (Å²) in [4.78, 5) is 25.2. The highest BCUT2D eigenvalue weighted by molar-refractivity contribution is 7.99. The molecule has 2 amide bonds. The molecule has 0 saturated heterocycles. The Balaban J connectivity index is 1.68. The normalized spacial score (nSPS) is 12.0. The van der Waals surface area contributed by atoms with Crippen LogP contribution in [0.25, 0.3) is 0 Å². The van der Waals surface area contributed by atoms with Gasteiger partial charge in [-0.2, -0.15) is 0 Å². The molecule has 0 spiro atoms. The molecule has 1 aromatic heterocycles. The molecule has 34 heavy (non-hydrogen) atoms. The second kappa shape index (κ2) is 11.4. The number of halogens is 3. The first-order chi connectivity index (χ1) is 16.1. The van der Waals surface area contributed by atoms with E-state index in [9.17, 15) is 9.59 Å². The van der Waals surface area contributed by atoms with E-state index in [1.807, 2.05) is 32.9 Å². The summed E-state index contributed by atoms with van der Waals surface area (Å²) in [6, 6.07) is 10.0. The summed E-state index contributed by atoms with van der Waals surface area (Å²) in [6.07, 6.45) is 0. The third-order valence-electron chi connectivity index (χ3n) is 5.02. The molecule has 0 fully saturated rings. The van der Waals surface area contributed by atoms with Gasteiger partial charge in [0.1, 0.15) is 0 Å². The van der Waals surface area contributed by atoms with Gasteiger partial charge in [-0.3, -0.25) is 9.59 Å². The predicted octanol–water partition coefficient (Wildman–Crippen LogP) is 5.94. The van der Waals surface area contributed by atoms with Crippen LogP contribution in [0.2, 0.25) is 15.1 Å². The van der Waals surface area contributed by atoms with Crippen molar-refractivity contribution in [1.29, 1.82) is 0 Å². The first-order valence-electron chi connectivity index (χ1n) is 10.4. The van der Waals surface area contributed by atoms with Crippen LogP contribution in [0.3, 0.4) is 0 Å². The molecule has 0 aliphatic carbocycles. The highest BCUT2D eigenvalue weighted by atomic mass is 35.5. The molecule has 0 aliphatic heterocycles. The molecule has 0 bridgehead atoms. The van der Waals surface area contributed by atoms with Gasteiger partial charge in [0.15, 0.2) is 11.0 Å². The van der Waals surface area contributed by atoms with Crippen LogP contribution in [-0.2, 0) is 11.8 Å². The Kier molecular flexibility index (Phi) is 8.87. The van der Waals surface area contributed by atoms with Crippen LogP contribution < -0.4 is 10.6 Å². The van der Waals surface area contributed by atoms with Gasteiger partial charge in [-0.25, -0.2) is 0 Å². The molecule has 0 aliphatic rings. The van der Waals surface area contributed by atoms with Crippen LogP contribution in [0.5, 0.6) is 0 Å². The minimum Gasteiger partial charge on any atom is -0.342 e. The summed E-state index contributed by atoms with van der Waals surface area (Å²) in [5.74, 6) is 0.221. The van der Waals surface area contributed by atoms with Crippen LogP contribution in [0.1, 0.15) is 41.6 Å². The molecular formula is C23H24Cl3N5O2S. The van der Waals surface area contributed by atoms with E-state index in [-0.39, 0.29) is 39.6 Å². The second-order valence-corrected chi connectivity index (χ2v) is 10.2. The number of nitrogens with one attached hydrogen (secondary N) is 2. The lowest BCUT2D eigenvalue weighted by molar-refractivity contribution is -0.113. The van der Waals surface area contributed by atoms with E-state index in [0.29, 0.717) is 27.3 Å². The van der Waals surface area contributed by atoms with Crippen LogP contribution in [0.4, 0.5) is 5.69 Å². The van der Waals surface area contributed by atoms with Gasteiger partial charge in [0, 0.05) is 17.6 Å². The fourth-order valence-corrected chi connectivity index (χ4v) is 4.78. The standard InChI is InChI=1S/C23H24Cl3N5O2S/c1-12(2)19(28-22(33)14-7-5-13(3)6-8-14)21-29-30-23(31(21)4)34-11-18(32)27-20-16(25)9-15(24)10-17(20)26/h5-10,12,19H,11H2,1-4H3,(H,27,32)(H,28,33)/t19-/m1/s1. The van der Waals surface area contributed by atoms with Crippen LogP contribution in [0.15, 0.2) is 41.6 Å². The number of carbonyl (C=O) groups excluding carboxylic acids is 2. The largest absolute Gasteiger partial charge is 0.342 e. The van der Waals surface area contributed by atoms with Crippen molar-refractivity contribution in [1.82, 2.24) is 20.1 Å². The smallest absolute Gasteiger partial charge is 0.251 e.